The second-order valence-electron chi connectivity index (χ2n) is 5.70. The minimum absolute atomic E-state index is 0.340. The zero-order chi connectivity index (χ0) is 16.2. The molecule has 0 aromatic heterocycles. The molecule has 1 aliphatic carbocycles. The summed E-state index contributed by atoms with van der Waals surface area (Å²) in [5.41, 5.74) is 2.63. The van der Waals surface area contributed by atoms with Gasteiger partial charge in [-0.15, -0.1) is 0 Å². The predicted octanol–water partition coefficient (Wildman–Crippen LogP) is 4.03. The topological polar surface area (TPSA) is 47.9 Å². The van der Waals surface area contributed by atoms with Crippen molar-refractivity contribution >= 4 is 11.7 Å². The Balaban J connectivity index is 1.59. The highest BCUT2D eigenvalue weighted by Crippen LogP contribution is 2.48. The van der Waals surface area contributed by atoms with Crippen molar-refractivity contribution < 1.29 is 14.4 Å². The first kappa shape index (κ1) is 15.3. The van der Waals surface area contributed by atoms with E-state index in [-0.39, 0.29) is 0 Å². The van der Waals surface area contributed by atoms with Crippen LogP contribution in [0.1, 0.15) is 35.2 Å². The molecule has 23 heavy (non-hydrogen) atoms. The summed E-state index contributed by atoms with van der Waals surface area (Å²) in [6.07, 6.45) is 1.03. The van der Waals surface area contributed by atoms with Gasteiger partial charge in [0.15, 0.2) is 0 Å². The van der Waals surface area contributed by atoms with Crippen LogP contribution in [0.4, 0.5) is 0 Å². The van der Waals surface area contributed by atoms with Gasteiger partial charge in [-0.2, -0.15) is 0 Å². The summed E-state index contributed by atoms with van der Waals surface area (Å²) >= 11 is 0. The van der Waals surface area contributed by atoms with Crippen LogP contribution in [0, 0.1) is 5.92 Å². The number of oxime groups is 1. The molecule has 0 saturated heterocycles. The minimum Gasteiger partial charge on any atom is -0.497 e. The second-order valence-corrected chi connectivity index (χ2v) is 5.70. The van der Waals surface area contributed by atoms with Crippen LogP contribution in [0.2, 0.25) is 0 Å². The summed E-state index contributed by atoms with van der Waals surface area (Å²) in [5, 5.41) is 4.01. The minimum atomic E-state index is -0.424. The number of nitrogens with zero attached hydrogens (tertiary/aromatic N) is 1. The summed E-state index contributed by atoms with van der Waals surface area (Å²) in [4.78, 5) is 16.9. The number of benzene rings is 2. The van der Waals surface area contributed by atoms with E-state index in [1.807, 2.05) is 25.1 Å². The SMILES string of the molecule is COc1ccc([C@H]2C[C@H]2C(C)=NOC(=O)c2ccccc2)cc1. The Bertz CT molecular complexity index is 707. The Morgan fingerprint density at radius 2 is 1.78 bits per heavy atom. The lowest BCUT2D eigenvalue weighted by molar-refractivity contribution is 0.0514. The summed E-state index contributed by atoms with van der Waals surface area (Å²) in [6.45, 7) is 1.91. The second kappa shape index (κ2) is 6.65. The molecule has 1 aliphatic rings. The Labute approximate surface area is 135 Å². The summed E-state index contributed by atoms with van der Waals surface area (Å²) in [6, 6.07) is 17.0. The molecule has 1 fully saturated rings. The molecule has 0 heterocycles. The normalized spacial score (nSPS) is 20.0. The van der Waals surface area contributed by atoms with E-state index in [4.69, 9.17) is 9.57 Å². The fourth-order valence-electron chi connectivity index (χ4n) is 2.68. The van der Waals surface area contributed by atoms with Crippen molar-refractivity contribution in [3.63, 3.8) is 0 Å². The quantitative estimate of drug-likeness (QED) is 0.476. The smallest absolute Gasteiger partial charge is 0.365 e. The lowest BCUT2D eigenvalue weighted by atomic mass is 10.1. The highest BCUT2D eigenvalue weighted by Gasteiger charge is 2.40. The van der Waals surface area contributed by atoms with Gasteiger partial charge < -0.3 is 9.57 Å². The third-order valence-corrected chi connectivity index (χ3v) is 4.15. The first-order valence-corrected chi connectivity index (χ1v) is 7.64. The maximum absolute atomic E-state index is 11.9. The average molecular weight is 309 g/mol. The number of ether oxygens (including phenoxy) is 1. The van der Waals surface area contributed by atoms with Crippen LogP contribution in [0.15, 0.2) is 59.8 Å². The van der Waals surface area contributed by atoms with Gasteiger partial charge in [-0.05, 0) is 49.1 Å². The van der Waals surface area contributed by atoms with Crippen molar-refractivity contribution in [1.82, 2.24) is 0 Å². The van der Waals surface area contributed by atoms with Gasteiger partial charge in [0, 0.05) is 5.92 Å². The number of rotatable bonds is 5. The highest BCUT2D eigenvalue weighted by atomic mass is 16.7. The standard InChI is InChI=1S/C19H19NO3/c1-13(20-23-19(21)15-6-4-3-5-7-15)17-12-18(17)14-8-10-16(22-2)11-9-14/h3-11,17-18H,12H2,1-2H3/t17-,18+/m0/s1. The van der Waals surface area contributed by atoms with Gasteiger partial charge >= 0.3 is 5.97 Å². The molecule has 2 atom stereocenters. The zero-order valence-electron chi connectivity index (χ0n) is 13.2. The fourth-order valence-corrected chi connectivity index (χ4v) is 2.68. The van der Waals surface area contributed by atoms with Crippen molar-refractivity contribution in [2.75, 3.05) is 7.11 Å². The lowest BCUT2D eigenvalue weighted by Gasteiger charge is -2.03. The molecule has 1 saturated carbocycles. The van der Waals surface area contributed by atoms with Crippen molar-refractivity contribution in [2.24, 2.45) is 11.1 Å². The van der Waals surface area contributed by atoms with E-state index in [0.29, 0.717) is 17.4 Å². The lowest BCUT2D eigenvalue weighted by Crippen LogP contribution is -2.04. The number of carbonyl (C=O) groups is 1. The molecule has 0 amide bonds. The molecular formula is C19H19NO3. The molecule has 2 aromatic carbocycles. The van der Waals surface area contributed by atoms with Crippen LogP contribution in [-0.4, -0.2) is 18.8 Å². The van der Waals surface area contributed by atoms with E-state index in [2.05, 4.69) is 17.3 Å². The van der Waals surface area contributed by atoms with Crippen LogP contribution < -0.4 is 4.74 Å². The van der Waals surface area contributed by atoms with E-state index in [1.54, 1.807) is 31.4 Å². The molecule has 0 bridgehead atoms. The Hall–Kier alpha value is -2.62. The molecule has 0 radical (unpaired) electrons. The van der Waals surface area contributed by atoms with Crippen LogP contribution in [0.3, 0.4) is 0 Å². The molecule has 4 nitrogen and oxygen atoms in total. The van der Waals surface area contributed by atoms with E-state index in [0.717, 1.165) is 17.9 Å². The molecule has 2 aromatic rings. The third kappa shape index (κ3) is 3.59. The molecule has 4 heteroatoms. The molecule has 0 aliphatic heterocycles. The first-order chi connectivity index (χ1) is 11.2. The van der Waals surface area contributed by atoms with Gasteiger partial charge in [-0.3, -0.25) is 0 Å². The van der Waals surface area contributed by atoms with Gasteiger partial charge in [0.25, 0.3) is 0 Å². The molecule has 0 N–H and O–H groups in total. The van der Waals surface area contributed by atoms with Crippen molar-refractivity contribution in [3.8, 4) is 5.75 Å². The maximum Gasteiger partial charge on any atom is 0.365 e. The summed E-state index contributed by atoms with van der Waals surface area (Å²) in [7, 11) is 1.66. The number of methoxy groups -OCH3 is 1. The van der Waals surface area contributed by atoms with Crippen molar-refractivity contribution in [3.05, 3.63) is 65.7 Å². The summed E-state index contributed by atoms with van der Waals surface area (Å²) < 4.78 is 5.17. The van der Waals surface area contributed by atoms with Gasteiger partial charge in [-0.25, -0.2) is 4.79 Å². The van der Waals surface area contributed by atoms with E-state index < -0.39 is 5.97 Å². The Morgan fingerprint density at radius 1 is 1.09 bits per heavy atom. The van der Waals surface area contributed by atoms with Crippen LogP contribution >= 0.6 is 0 Å². The zero-order valence-corrected chi connectivity index (χ0v) is 13.2. The monoisotopic (exact) mass is 309 g/mol. The Kier molecular flexibility index (Phi) is 4.42. The predicted molar refractivity (Wildman–Crippen MR) is 88.8 cm³/mol. The van der Waals surface area contributed by atoms with Crippen LogP contribution in [0.25, 0.3) is 0 Å². The van der Waals surface area contributed by atoms with Crippen molar-refractivity contribution in [1.29, 1.82) is 0 Å². The maximum atomic E-state index is 11.9. The number of carbonyl (C=O) groups excluding carboxylic acids is 1. The van der Waals surface area contributed by atoms with Gasteiger partial charge in [0.1, 0.15) is 5.75 Å². The van der Waals surface area contributed by atoms with Crippen LogP contribution in [-0.2, 0) is 4.84 Å². The van der Waals surface area contributed by atoms with Gasteiger partial charge in [0.2, 0.25) is 0 Å². The number of hydrogen-bond donors (Lipinski definition) is 0. The third-order valence-electron chi connectivity index (χ3n) is 4.15. The highest BCUT2D eigenvalue weighted by molar-refractivity contribution is 5.91. The fraction of sp³-hybridized carbons (Fsp3) is 0.263. The largest absolute Gasteiger partial charge is 0.497 e. The molecule has 118 valence electrons. The van der Waals surface area contributed by atoms with Gasteiger partial charge in [0.05, 0.1) is 18.4 Å². The summed E-state index contributed by atoms with van der Waals surface area (Å²) in [5.74, 6) is 1.21. The molecular weight excluding hydrogens is 290 g/mol. The first-order valence-electron chi connectivity index (χ1n) is 7.64. The molecule has 0 unspecified atom stereocenters. The van der Waals surface area contributed by atoms with E-state index >= 15 is 0 Å². The van der Waals surface area contributed by atoms with E-state index in [9.17, 15) is 4.79 Å². The van der Waals surface area contributed by atoms with Crippen LogP contribution in [0.5, 0.6) is 5.75 Å². The molecule has 0 spiro atoms. The van der Waals surface area contributed by atoms with Gasteiger partial charge in [-0.1, -0.05) is 35.5 Å². The average Bonchev–Trinajstić information content (AvgIpc) is 3.41. The van der Waals surface area contributed by atoms with E-state index in [1.165, 1.54) is 5.56 Å². The number of hydrogen-bond acceptors (Lipinski definition) is 4. The van der Waals surface area contributed by atoms with Crippen molar-refractivity contribution in [2.45, 2.75) is 19.3 Å². The Morgan fingerprint density at radius 3 is 2.43 bits per heavy atom. The molecule has 3 rings (SSSR count).